The summed E-state index contributed by atoms with van der Waals surface area (Å²) in [5.41, 5.74) is 7.09. The zero-order valence-corrected chi connectivity index (χ0v) is 10.6. The van der Waals surface area contributed by atoms with E-state index in [1.54, 1.807) is 12.1 Å². The van der Waals surface area contributed by atoms with Gasteiger partial charge in [0, 0.05) is 19.0 Å². The van der Waals surface area contributed by atoms with Crippen molar-refractivity contribution in [2.75, 3.05) is 4.90 Å². The molecule has 1 aliphatic heterocycles. The molecule has 1 aromatic rings. The van der Waals surface area contributed by atoms with Crippen LogP contribution in [0.25, 0.3) is 0 Å². The predicted octanol–water partition coefficient (Wildman–Crippen LogP) is 1.37. The summed E-state index contributed by atoms with van der Waals surface area (Å²) in [5, 5.41) is 2.93. The van der Waals surface area contributed by atoms with Crippen LogP contribution in [0.15, 0.2) is 24.3 Å². The van der Waals surface area contributed by atoms with Gasteiger partial charge in [-0.15, -0.1) is 0 Å². The lowest BCUT2D eigenvalue weighted by molar-refractivity contribution is -0.119. The minimum atomic E-state index is -0.317. The molecule has 5 heteroatoms. The fourth-order valence-electron chi connectivity index (χ4n) is 2.53. The number of hydrogen-bond acceptors (Lipinski definition) is 3. The van der Waals surface area contributed by atoms with Crippen LogP contribution in [-0.2, 0) is 11.3 Å². The highest BCUT2D eigenvalue weighted by atomic mass is 16.2. The number of rotatable bonds is 3. The van der Waals surface area contributed by atoms with Gasteiger partial charge >= 0.3 is 6.03 Å². The van der Waals surface area contributed by atoms with Crippen molar-refractivity contribution in [2.24, 2.45) is 11.7 Å². The van der Waals surface area contributed by atoms with Gasteiger partial charge in [-0.2, -0.15) is 0 Å². The normalized spacial score (nSPS) is 23.4. The lowest BCUT2D eigenvalue weighted by Crippen LogP contribution is -2.55. The Morgan fingerprint density at radius 1 is 1.32 bits per heavy atom. The van der Waals surface area contributed by atoms with E-state index in [2.05, 4.69) is 5.32 Å². The van der Waals surface area contributed by atoms with Crippen molar-refractivity contribution in [3.8, 4) is 0 Å². The average molecular weight is 259 g/mol. The van der Waals surface area contributed by atoms with Crippen molar-refractivity contribution in [3.63, 3.8) is 0 Å². The van der Waals surface area contributed by atoms with Crippen LogP contribution in [0.4, 0.5) is 10.5 Å². The molecule has 0 aromatic heterocycles. The minimum Gasteiger partial charge on any atom is -0.334 e. The number of urea groups is 1. The van der Waals surface area contributed by atoms with E-state index in [9.17, 15) is 9.59 Å². The van der Waals surface area contributed by atoms with Crippen LogP contribution in [0.3, 0.4) is 0 Å². The van der Waals surface area contributed by atoms with E-state index in [0.717, 1.165) is 18.4 Å². The molecule has 2 aliphatic rings. The van der Waals surface area contributed by atoms with Crippen molar-refractivity contribution in [2.45, 2.75) is 31.8 Å². The van der Waals surface area contributed by atoms with E-state index in [1.807, 2.05) is 12.1 Å². The van der Waals surface area contributed by atoms with Crippen molar-refractivity contribution in [1.29, 1.82) is 0 Å². The first-order chi connectivity index (χ1) is 9.19. The molecule has 1 atom stereocenters. The second-order valence-electron chi connectivity index (χ2n) is 5.20. The van der Waals surface area contributed by atoms with Crippen LogP contribution in [0.2, 0.25) is 0 Å². The summed E-state index contributed by atoms with van der Waals surface area (Å²) in [5.74, 6) is 0.361. The Balaban J connectivity index is 1.83. The Hall–Kier alpha value is -1.88. The van der Waals surface area contributed by atoms with Gasteiger partial charge in [0.1, 0.15) is 0 Å². The maximum Gasteiger partial charge on any atom is 0.328 e. The molecule has 1 saturated heterocycles. The van der Waals surface area contributed by atoms with Gasteiger partial charge < -0.3 is 11.1 Å². The number of carbonyl (C=O) groups excluding carboxylic acids is 2. The largest absolute Gasteiger partial charge is 0.334 e. The second-order valence-corrected chi connectivity index (χ2v) is 5.20. The van der Waals surface area contributed by atoms with Gasteiger partial charge in [-0.3, -0.25) is 4.79 Å². The number of amides is 3. The van der Waals surface area contributed by atoms with E-state index >= 15 is 0 Å². The minimum absolute atomic E-state index is 0.0222. The van der Waals surface area contributed by atoms with Gasteiger partial charge in [0.15, 0.2) is 0 Å². The van der Waals surface area contributed by atoms with E-state index < -0.39 is 0 Å². The molecular weight excluding hydrogens is 242 g/mol. The van der Waals surface area contributed by atoms with Crippen LogP contribution < -0.4 is 16.0 Å². The van der Waals surface area contributed by atoms with Gasteiger partial charge in [0.25, 0.3) is 0 Å². The molecule has 1 aromatic carbocycles. The van der Waals surface area contributed by atoms with Crippen LogP contribution in [0, 0.1) is 5.92 Å². The second kappa shape index (κ2) is 4.66. The number of anilines is 1. The molecule has 100 valence electrons. The van der Waals surface area contributed by atoms with Crippen LogP contribution in [0.5, 0.6) is 0 Å². The SMILES string of the molecule is NCc1cccc(N2C(=O)CC(C3CC3)NC2=O)c1. The maximum atomic E-state index is 12.2. The molecule has 2 fully saturated rings. The number of benzene rings is 1. The van der Waals surface area contributed by atoms with Crippen molar-refractivity contribution >= 4 is 17.6 Å². The molecular formula is C14H17N3O2. The molecule has 1 heterocycles. The molecule has 0 bridgehead atoms. The third-order valence-corrected chi connectivity index (χ3v) is 3.75. The quantitative estimate of drug-likeness (QED) is 0.860. The third kappa shape index (κ3) is 2.33. The van der Waals surface area contributed by atoms with Crippen molar-refractivity contribution in [1.82, 2.24) is 5.32 Å². The Bertz CT molecular complexity index is 507. The molecule has 1 aliphatic carbocycles. The first-order valence-electron chi connectivity index (χ1n) is 6.61. The average Bonchev–Trinajstić information content (AvgIpc) is 3.22. The molecule has 0 spiro atoms. The number of nitrogens with one attached hydrogen (secondary N) is 1. The molecule has 5 nitrogen and oxygen atoms in total. The predicted molar refractivity (Wildman–Crippen MR) is 71.5 cm³/mol. The van der Waals surface area contributed by atoms with Gasteiger partial charge in [0.2, 0.25) is 5.91 Å². The summed E-state index contributed by atoms with van der Waals surface area (Å²) in [7, 11) is 0. The van der Waals surface area contributed by atoms with Gasteiger partial charge in [-0.1, -0.05) is 12.1 Å². The lowest BCUT2D eigenvalue weighted by Gasteiger charge is -2.31. The van der Waals surface area contributed by atoms with Crippen LogP contribution in [-0.4, -0.2) is 18.0 Å². The van der Waals surface area contributed by atoms with E-state index in [-0.39, 0.29) is 18.0 Å². The third-order valence-electron chi connectivity index (χ3n) is 3.75. The molecule has 0 radical (unpaired) electrons. The smallest absolute Gasteiger partial charge is 0.328 e. The fourth-order valence-corrected chi connectivity index (χ4v) is 2.53. The molecule has 3 rings (SSSR count). The molecule has 1 unspecified atom stereocenters. The Kier molecular flexibility index (Phi) is 2.98. The number of hydrogen-bond donors (Lipinski definition) is 2. The number of carbonyl (C=O) groups is 2. The number of imide groups is 1. The van der Waals surface area contributed by atoms with Gasteiger partial charge in [0.05, 0.1) is 5.69 Å². The standard InChI is InChI=1S/C14H17N3O2/c15-8-9-2-1-3-11(6-9)17-13(18)7-12(10-4-5-10)16-14(17)19/h1-3,6,10,12H,4-5,7-8,15H2,(H,16,19). The summed E-state index contributed by atoms with van der Waals surface area (Å²) in [6, 6.07) is 6.94. The summed E-state index contributed by atoms with van der Waals surface area (Å²) >= 11 is 0. The van der Waals surface area contributed by atoms with E-state index in [0.29, 0.717) is 24.6 Å². The molecule has 1 saturated carbocycles. The highest BCUT2D eigenvalue weighted by molar-refractivity contribution is 6.16. The van der Waals surface area contributed by atoms with Crippen molar-refractivity contribution in [3.05, 3.63) is 29.8 Å². The Morgan fingerprint density at radius 2 is 2.11 bits per heavy atom. The van der Waals surface area contributed by atoms with Crippen LogP contribution in [0.1, 0.15) is 24.8 Å². The Labute approximate surface area is 111 Å². The zero-order valence-electron chi connectivity index (χ0n) is 10.6. The summed E-state index contributed by atoms with van der Waals surface area (Å²) < 4.78 is 0. The monoisotopic (exact) mass is 259 g/mol. The number of nitrogens with zero attached hydrogens (tertiary/aromatic N) is 1. The first-order valence-corrected chi connectivity index (χ1v) is 6.61. The topological polar surface area (TPSA) is 75.4 Å². The molecule has 3 amide bonds. The van der Waals surface area contributed by atoms with Gasteiger partial charge in [-0.25, -0.2) is 9.69 Å². The lowest BCUT2D eigenvalue weighted by atomic mass is 10.1. The molecule has 3 N–H and O–H groups in total. The van der Waals surface area contributed by atoms with Gasteiger partial charge in [-0.05, 0) is 36.5 Å². The van der Waals surface area contributed by atoms with Crippen molar-refractivity contribution < 1.29 is 9.59 Å². The summed E-state index contributed by atoms with van der Waals surface area (Å²) in [6.07, 6.45) is 2.62. The first kappa shape index (κ1) is 12.2. The highest BCUT2D eigenvalue weighted by Gasteiger charge is 2.40. The zero-order chi connectivity index (χ0) is 13.4. The van der Waals surface area contributed by atoms with E-state index in [1.165, 1.54) is 4.90 Å². The maximum absolute atomic E-state index is 12.2. The Morgan fingerprint density at radius 3 is 2.74 bits per heavy atom. The fraction of sp³-hybridized carbons (Fsp3) is 0.429. The summed E-state index contributed by atoms with van der Waals surface area (Å²) in [4.78, 5) is 25.5. The summed E-state index contributed by atoms with van der Waals surface area (Å²) in [6.45, 7) is 0.391. The number of nitrogens with two attached hydrogens (primary N) is 1. The van der Waals surface area contributed by atoms with E-state index in [4.69, 9.17) is 5.73 Å². The molecule has 19 heavy (non-hydrogen) atoms. The van der Waals surface area contributed by atoms with Crippen LogP contribution >= 0.6 is 0 Å². The highest BCUT2D eigenvalue weighted by Crippen LogP contribution is 2.36.